The molecule has 50 valence electrons. The summed E-state index contributed by atoms with van der Waals surface area (Å²) in [6.45, 7) is 0. The van der Waals surface area contributed by atoms with Crippen LogP contribution in [0.25, 0.3) is 0 Å². The smallest absolute Gasteiger partial charge is 0.0198 e. The summed E-state index contributed by atoms with van der Waals surface area (Å²) in [6.07, 6.45) is 6.10. The lowest BCUT2D eigenvalue weighted by Gasteiger charge is -1.94. The summed E-state index contributed by atoms with van der Waals surface area (Å²) in [5.41, 5.74) is 1.25. The highest BCUT2D eigenvalue weighted by Crippen LogP contribution is 2.33. The number of benzene rings is 1. The first-order valence-corrected chi connectivity index (χ1v) is 3.77. The third-order valence-corrected chi connectivity index (χ3v) is 1.72. The first-order chi connectivity index (χ1) is 4.95. The van der Waals surface area contributed by atoms with Crippen LogP contribution in [0.1, 0.15) is 18.4 Å². The highest BCUT2D eigenvalue weighted by molar-refractivity contribution is 5.24. The normalized spacial score (nSPS) is 17.2. The van der Waals surface area contributed by atoms with Gasteiger partial charge >= 0.3 is 0 Å². The van der Waals surface area contributed by atoms with Gasteiger partial charge in [0.25, 0.3) is 0 Å². The van der Waals surface area contributed by atoms with Crippen molar-refractivity contribution in [1.29, 1.82) is 0 Å². The summed E-state index contributed by atoms with van der Waals surface area (Å²) in [5.74, 6) is 0.766. The van der Waals surface area contributed by atoms with Crippen molar-refractivity contribution < 1.29 is 0 Å². The fourth-order valence-corrected chi connectivity index (χ4v) is 0.998. The molecule has 0 bridgehead atoms. The lowest BCUT2D eigenvalue weighted by Crippen LogP contribution is -1.80. The fourth-order valence-electron chi connectivity index (χ4n) is 0.998. The van der Waals surface area contributed by atoms with Gasteiger partial charge in [0, 0.05) is 6.42 Å². The van der Waals surface area contributed by atoms with Gasteiger partial charge in [-0.05, 0) is 24.3 Å². The van der Waals surface area contributed by atoms with E-state index in [1.54, 1.807) is 0 Å². The fraction of sp³-hybridized carbons (Fsp3) is 0.300. The first-order valence-electron chi connectivity index (χ1n) is 3.77. The lowest BCUT2D eigenvalue weighted by atomic mass is 10.1. The van der Waals surface area contributed by atoms with Crippen LogP contribution in [0.2, 0.25) is 0 Å². The van der Waals surface area contributed by atoms with Crippen LogP contribution in [-0.4, -0.2) is 0 Å². The topological polar surface area (TPSA) is 0 Å². The minimum atomic E-state index is 0.766. The maximum absolute atomic E-state index is 3.42. The van der Waals surface area contributed by atoms with Gasteiger partial charge in [0.2, 0.25) is 0 Å². The Morgan fingerprint density at radius 1 is 1.10 bits per heavy atom. The maximum atomic E-state index is 3.42. The Labute approximate surface area is 61.9 Å². The summed E-state index contributed by atoms with van der Waals surface area (Å²) < 4.78 is 0. The molecule has 1 aromatic carbocycles. The van der Waals surface area contributed by atoms with Gasteiger partial charge in [-0.25, -0.2) is 0 Å². The van der Waals surface area contributed by atoms with Gasteiger partial charge in [0.05, 0.1) is 0 Å². The third-order valence-electron chi connectivity index (χ3n) is 1.72. The molecule has 1 aliphatic rings. The van der Waals surface area contributed by atoms with Crippen LogP contribution in [0.5, 0.6) is 0 Å². The van der Waals surface area contributed by atoms with Gasteiger partial charge in [0.15, 0.2) is 0 Å². The standard InChI is InChI=1S/C10H10/c1-2-4-9(5-3-1)8-10-6-7-10/h1-5,10H,6-7H2. The van der Waals surface area contributed by atoms with E-state index >= 15 is 0 Å². The Bertz CT molecular complexity index is 197. The summed E-state index contributed by atoms with van der Waals surface area (Å²) in [7, 11) is 0. The molecule has 0 heteroatoms. The molecule has 0 N–H and O–H groups in total. The van der Waals surface area contributed by atoms with E-state index in [0.29, 0.717) is 0 Å². The zero-order valence-corrected chi connectivity index (χ0v) is 5.88. The average molecular weight is 130 g/mol. The van der Waals surface area contributed by atoms with Crippen LogP contribution in [0, 0.1) is 12.3 Å². The van der Waals surface area contributed by atoms with Crippen LogP contribution >= 0.6 is 0 Å². The average Bonchev–Trinajstić information content (AvgIpc) is 2.74. The zero-order chi connectivity index (χ0) is 6.81. The minimum absolute atomic E-state index is 0.766. The molecule has 0 atom stereocenters. The number of rotatable bonds is 2. The molecular weight excluding hydrogens is 120 g/mol. The molecule has 0 saturated heterocycles. The molecule has 2 rings (SSSR count). The Morgan fingerprint density at radius 3 is 2.40 bits per heavy atom. The lowest BCUT2D eigenvalue weighted by molar-refractivity contribution is 1.03. The molecule has 0 aliphatic heterocycles. The highest BCUT2D eigenvalue weighted by Gasteiger charge is 2.21. The molecule has 0 aromatic heterocycles. The van der Waals surface area contributed by atoms with Crippen LogP contribution in [0.3, 0.4) is 0 Å². The van der Waals surface area contributed by atoms with Crippen molar-refractivity contribution in [1.82, 2.24) is 0 Å². The van der Waals surface area contributed by atoms with E-state index in [1.807, 2.05) is 6.07 Å². The molecule has 0 unspecified atom stereocenters. The van der Waals surface area contributed by atoms with Gasteiger partial charge in [-0.3, -0.25) is 0 Å². The number of hydrogen-bond acceptors (Lipinski definition) is 0. The van der Waals surface area contributed by atoms with Crippen LogP contribution in [0.4, 0.5) is 0 Å². The van der Waals surface area contributed by atoms with Gasteiger partial charge in [-0.2, -0.15) is 0 Å². The number of hydrogen-bond donors (Lipinski definition) is 0. The molecule has 1 saturated carbocycles. The van der Waals surface area contributed by atoms with Crippen molar-refractivity contribution in [3.05, 3.63) is 42.3 Å². The summed E-state index contributed by atoms with van der Waals surface area (Å²) in [6, 6.07) is 10.4. The molecule has 0 amide bonds. The Balaban J connectivity index is 2.03. The molecule has 2 radical (unpaired) electrons. The second-order valence-corrected chi connectivity index (χ2v) is 2.78. The Kier molecular flexibility index (Phi) is 1.46. The van der Waals surface area contributed by atoms with Crippen molar-refractivity contribution in [2.45, 2.75) is 12.8 Å². The van der Waals surface area contributed by atoms with E-state index in [4.69, 9.17) is 0 Å². The predicted molar refractivity (Wildman–Crippen MR) is 41.5 cm³/mol. The Morgan fingerprint density at radius 2 is 1.80 bits per heavy atom. The molecule has 0 nitrogen and oxygen atoms in total. The van der Waals surface area contributed by atoms with Gasteiger partial charge in [-0.15, -0.1) is 0 Å². The largest absolute Gasteiger partial charge is 0.0622 e. The van der Waals surface area contributed by atoms with E-state index in [-0.39, 0.29) is 0 Å². The monoisotopic (exact) mass is 130 g/mol. The van der Waals surface area contributed by atoms with Crippen molar-refractivity contribution in [3.8, 4) is 0 Å². The van der Waals surface area contributed by atoms with Crippen LogP contribution in [-0.2, 0) is 0 Å². The molecule has 10 heavy (non-hydrogen) atoms. The summed E-state index contributed by atoms with van der Waals surface area (Å²) in [4.78, 5) is 0. The van der Waals surface area contributed by atoms with E-state index in [1.165, 1.54) is 18.4 Å². The third kappa shape index (κ3) is 1.38. The second-order valence-electron chi connectivity index (χ2n) is 2.78. The quantitative estimate of drug-likeness (QED) is 0.577. The predicted octanol–water partition coefficient (Wildman–Crippen LogP) is 2.53. The second kappa shape index (κ2) is 2.45. The molecule has 0 spiro atoms. The van der Waals surface area contributed by atoms with E-state index < -0.39 is 0 Å². The molecule has 1 aromatic rings. The SMILES string of the molecule is [C](c1ccccc1)C1CC1. The van der Waals surface area contributed by atoms with E-state index in [9.17, 15) is 0 Å². The molecule has 1 fully saturated rings. The van der Waals surface area contributed by atoms with Crippen molar-refractivity contribution in [2.24, 2.45) is 5.92 Å². The van der Waals surface area contributed by atoms with Gasteiger partial charge < -0.3 is 0 Å². The molecular formula is C10H10. The van der Waals surface area contributed by atoms with Crippen LogP contribution < -0.4 is 0 Å². The van der Waals surface area contributed by atoms with Crippen molar-refractivity contribution in [3.63, 3.8) is 0 Å². The molecule has 0 heterocycles. The highest BCUT2D eigenvalue weighted by atomic mass is 14.3. The van der Waals surface area contributed by atoms with Crippen LogP contribution in [0.15, 0.2) is 30.3 Å². The van der Waals surface area contributed by atoms with E-state index in [0.717, 1.165) is 5.92 Å². The van der Waals surface area contributed by atoms with E-state index in [2.05, 4.69) is 30.7 Å². The molecule has 1 aliphatic carbocycles. The zero-order valence-electron chi connectivity index (χ0n) is 5.88. The Hall–Kier alpha value is -0.780. The van der Waals surface area contributed by atoms with Gasteiger partial charge in [0.1, 0.15) is 0 Å². The maximum Gasteiger partial charge on any atom is 0.0198 e. The summed E-state index contributed by atoms with van der Waals surface area (Å²) in [5, 5.41) is 0. The van der Waals surface area contributed by atoms with Crippen molar-refractivity contribution >= 4 is 0 Å². The summed E-state index contributed by atoms with van der Waals surface area (Å²) >= 11 is 0. The van der Waals surface area contributed by atoms with Gasteiger partial charge in [-0.1, -0.05) is 30.3 Å². The van der Waals surface area contributed by atoms with Crippen molar-refractivity contribution in [2.75, 3.05) is 0 Å². The first kappa shape index (κ1) is 5.96. The minimum Gasteiger partial charge on any atom is -0.0622 e.